The molecule has 0 saturated heterocycles. The molecule has 6 nitrogen and oxygen atoms in total. The molecule has 0 fully saturated rings. The van der Waals surface area contributed by atoms with Gasteiger partial charge in [-0.3, -0.25) is 0 Å². The van der Waals surface area contributed by atoms with E-state index in [0.717, 1.165) is 25.1 Å². The molecule has 162 valence electrons. The Morgan fingerprint density at radius 3 is 2.39 bits per heavy atom. The van der Waals surface area contributed by atoms with Crippen molar-refractivity contribution in [1.82, 2.24) is 10.6 Å². The number of rotatable bonds is 11. The monoisotopic (exact) mass is 420 g/mol. The van der Waals surface area contributed by atoms with Gasteiger partial charge in [0.15, 0.2) is 0 Å². The van der Waals surface area contributed by atoms with Crippen LogP contribution in [0.4, 0.5) is 4.79 Å². The molecular formula is C25H28N2O4. The van der Waals surface area contributed by atoms with Crippen LogP contribution in [0.3, 0.4) is 0 Å². The van der Waals surface area contributed by atoms with Crippen LogP contribution in [0.2, 0.25) is 0 Å². The number of nitrogens with one attached hydrogen (secondary N) is 2. The van der Waals surface area contributed by atoms with E-state index in [2.05, 4.69) is 41.0 Å². The summed E-state index contributed by atoms with van der Waals surface area (Å²) in [6.07, 6.45) is 1.14. The minimum absolute atomic E-state index is 0.109. The zero-order valence-electron chi connectivity index (χ0n) is 17.4. The standard InChI is InChI=1S/C25H28N2O4/c28-24(29)23(27-25(30)31-18-19-8-2-1-3-9-19)12-6-7-15-26-17-20-13-14-21-10-4-5-11-22(21)16-20/h1-5,8-11,13-14,16,23,26H,6-7,12,15,17-18H2,(H,27,30)(H,28,29)/t23-/m0/s1. The van der Waals surface area contributed by atoms with Crippen LogP contribution in [0.5, 0.6) is 0 Å². The summed E-state index contributed by atoms with van der Waals surface area (Å²) in [5, 5.41) is 17.6. The van der Waals surface area contributed by atoms with Gasteiger partial charge in [0.05, 0.1) is 0 Å². The third kappa shape index (κ3) is 7.42. The summed E-state index contributed by atoms with van der Waals surface area (Å²) in [5.41, 5.74) is 2.06. The van der Waals surface area contributed by atoms with E-state index < -0.39 is 18.1 Å². The predicted octanol–water partition coefficient (Wildman–Crippen LogP) is 4.48. The molecule has 3 rings (SSSR count). The number of hydrogen-bond donors (Lipinski definition) is 3. The van der Waals surface area contributed by atoms with Crippen LogP contribution in [0, 0.1) is 0 Å². The Hall–Kier alpha value is -3.38. The van der Waals surface area contributed by atoms with E-state index >= 15 is 0 Å². The molecule has 0 unspecified atom stereocenters. The average molecular weight is 421 g/mol. The molecule has 3 aromatic carbocycles. The maximum Gasteiger partial charge on any atom is 0.408 e. The lowest BCUT2D eigenvalue weighted by Gasteiger charge is -2.14. The number of fused-ring (bicyclic) bond motifs is 1. The number of amides is 1. The molecule has 1 atom stereocenters. The van der Waals surface area contributed by atoms with Gasteiger partial charge in [-0.1, -0.05) is 66.7 Å². The quantitative estimate of drug-likeness (QED) is 0.398. The molecule has 6 heteroatoms. The fourth-order valence-electron chi connectivity index (χ4n) is 3.34. The minimum Gasteiger partial charge on any atom is -0.480 e. The second-order valence-electron chi connectivity index (χ2n) is 7.45. The van der Waals surface area contributed by atoms with Gasteiger partial charge in [-0.05, 0) is 53.8 Å². The molecule has 0 heterocycles. The highest BCUT2D eigenvalue weighted by Gasteiger charge is 2.20. The zero-order chi connectivity index (χ0) is 21.9. The molecule has 31 heavy (non-hydrogen) atoms. The summed E-state index contributed by atoms with van der Waals surface area (Å²) in [5.74, 6) is -1.05. The summed E-state index contributed by atoms with van der Waals surface area (Å²) in [6.45, 7) is 1.65. The first-order valence-electron chi connectivity index (χ1n) is 10.5. The van der Waals surface area contributed by atoms with Gasteiger partial charge in [0.2, 0.25) is 0 Å². The summed E-state index contributed by atoms with van der Waals surface area (Å²) >= 11 is 0. The van der Waals surface area contributed by atoms with Crippen molar-refractivity contribution >= 4 is 22.8 Å². The Labute approximate surface area is 182 Å². The second kappa shape index (κ2) is 11.7. The van der Waals surface area contributed by atoms with E-state index in [1.807, 2.05) is 42.5 Å². The number of carbonyl (C=O) groups excluding carboxylic acids is 1. The third-order valence-corrected chi connectivity index (χ3v) is 5.04. The Balaban J connectivity index is 1.33. The van der Waals surface area contributed by atoms with Crippen molar-refractivity contribution in [1.29, 1.82) is 0 Å². The lowest BCUT2D eigenvalue weighted by Crippen LogP contribution is -2.41. The van der Waals surface area contributed by atoms with Crippen LogP contribution >= 0.6 is 0 Å². The molecule has 0 bridgehead atoms. The maximum absolute atomic E-state index is 11.9. The molecule has 0 aliphatic carbocycles. The average Bonchev–Trinajstić information content (AvgIpc) is 2.79. The Bertz CT molecular complexity index is 991. The van der Waals surface area contributed by atoms with Crippen molar-refractivity contribution < 1.29 is 19.4 Å². The largest absolute Gasteiger partial charge is 0.480 e. The molecule has 0 aliphatic heterocycles. The van der Waals surface area contributed by atoms with Crippen molar-refractivity contribution in [2.45, 2.75) is 38.5 Å². The molecule has 0 spiro atoms. The first-order chi connectivity index (χ1) is 15.1. The fraction of sp³-hybridized carbons (Fsp3) is 0.280. The highest BCUT2D eigenvalue weighted by molar-refractivity contribution is 5.83. The normalized spacial score (nSPS) is 11.7. The van der Waals surface area contributed by atoms with Crippen molar-refractivity contribution in [3.05, 3.63) is 83.9 Å². The molecule has 3 N–H and O–H groups in total. The predicted molar refractivity (Wildman–Crippen MR) is 121 cm³/mol. The van der Waals surface area contributed by atoms with Crippen LogP contribution in [0.15, 0.2) is 72.8 Å². The summed E-state index contributed by atoms with van der Waals surface area (Å²) < 4.78 is 5.11. The third-order valence-electron chi connectivity index (χ3n) is 5.04. The molecule has 0 aromatic heterocycles. The van der Waals surface area contributed by atoms with E-state index in [0.29, 0.717) is 12.8 Å². The van der Waals surface area contributed by atoms with E-state index in [4.69, 9.17) is 4.74 Å². The van der Waals surface area contributed by atoms with Crippen LogP contribution in [0.1, 0.15) is 30.4 Å². The van der Waals surface area contributed by atoms with Gasteiger partial charge in [0, 0.05) is 6.54 Å². The molecule has 0 saturated carbocycles. The Morgan fingerprint density at radius 2 is 1.61 bits per heavy atom. The maximum atomic E-state index is 11.9. The van der Waals surface area contributed by atoms with E-state index in [-0.39, 0.29) is 6.61 Å². The van der Waals surface area contributed by atoms with Gasteiger partial charge in [-0.2, -0.15) is 0 Å². The highest BCUT2D eigenvalue weighted by atomic mass is 16.5. The minimum atomic E-state index is -1.05. The second-order valence-corrected chi connectivity index (χ2v) is 7.45. The molecule has 3 aromatic rings. The van der Waals surface area contributed by atoms with Gasteiger partial charge in [-0.15, -0.1) is 0 Å². The molecule has 0 aliphatic rings. The molecule has 1 amide bonds. The highest BCUT2D eigenvalue weighted by Crippen LogP contribution is 2.15. The number of hydrogen-bond acceptors (Lipinski definition) is 4. The molecular weight excluding hydrogens is 392 g/mol. The lowest BCUT2D eigenvalue weighted by atomic mass is 10.1. The summed E-state index contributed by atoms with van der Waals surface area (Å²) in [7, 11) is 0. The van der Waals surface area contributed by atoms with E-state index in [9.17, 15) is 14.7 Å². The number of alkyl carbamates (subject to hydrolysis) is 1. The van der Waals surface area contributed by atoms with Gasteiger partial charge in [-0.25, -0.2) is 9.59 Å². The summed E-state index contributed by atoms with van der Waals surface area (Å²) in [6, 6.07) is 23.0. The van der Waals surface area contributed by atoms with Gasteiger partial charge in [0.1, 0.15) is 12.6 Å². The Morgan fingerprint density at radius 1 is 0.871 bits per heavy atom. The van der Waals surface area contributed by atoms with E-state index in [1.54, 1.807) is 0 Å². The van der Waals surface area contributed by atoms with Gasteiger partial charge in [0.25, 0.3) is 0 Å². The molecule has 0 radical (unpaired) electrons. The first kappa shape index (κ1) is 22.3. The number of carboxylic acids is 1. The summed E-state index contributed by atoms with van der Waals surface area (Å²) in [4.78, 5) is 23.3. The number of aliphatic carboxylic acids is 1. The van der Waals surface area contributed by atoms with Crippen molar-refractivity contribution in [3.63, 3.8) is 0 Å². The number of unbranched alkanes of at least 4 members (excludes halogenated alkanes) is 1. The zero-order valence-corrected chi connectivity index (χ0v) is 17.4. The van der Waals surface area contributed by atoms with Crippen molar-refractivity contribution in [3.8, 4) is 0 Å². The van der Waals surface area contributed by atoms with Gasteiger partial charge < -0.3 is 20.5 Å². The van der Waals surface area contributed by atoms with Crippen LogP contribution in [-0.2, 0) is 22.7 Å². The number of carbonyl (C=O) groups is 2. The first-order valence-corrected chi connectivity index (χ1v) is 10.5. The topological polar surface area (TPSA) is 87.7 Å². The SMILES string of the molecule is O=C(N[C@@H](CCCCNCc1ccc2ccccc2c1)C(=O)O)OCc1ccccc1. The van der Waals surface area contributed by atoms with Crippen molar-refractivity contribution in [2.75, 3.05) is 6.54 Å². The van der Waals surface area contributed by atoms with Crippen molar-refractivity contribution in [2.24, 2.45) is 0 Å². The number of carboxylic acid groups (broad SMARTS) is 1. The van der Waals surface area contributed by atoms with E-state index in [1.165, 1.54) is 16.3 Å². The van der Waals surface area contributed by atoms with Crippen LogP contribution in [0.25, 0.3) is 10.8 Å². The lowest BCUT2D eigenvalue weighted by molar-refractivity contribution is -0.139. The fourth-order valence-corrected chi connectivity index (χ4v) is 3.34. The van der Waals surface area contributed by atoms with Crippen LogP contribution < -0.4 is 10.6 Å². The van der Waals surface area contributed by atoms with Crippen LogP contribution in [-0.4, -0.2) is 29.8 Å². The Kier molecular flexibility index (Phi) is 8.43. The van der Waals surface area contributed by atoms with Gasteiger partial charge >= 0.3 is 12.1 Å². The number of ether oxygens (including phenoxy) is 1. The smallest absolute Gasteiger partial charge is 0.408 e. The number of benzene rings is 3.